The number of ether oxygens (including phenoxy) is 1. The van der Waals surface area contributed by atoms with Gasteiger partial charge in [-0.1, -0.05) is 164 Å². The predicted octanol–water partition coefficient (Wildman–Crippen LogP) is 14.6. The first-order chi connectivity index (χ1) is 32.2. The number of fused-ring (bicyclic) bond motifs is 15. The molecule has 1 aliphatic carbocycles. The van der Waals surface area contributed by atoms with Crippen molar-refractivity contribution in [2.75, 3.05) is 0 Å². The molecule has 0 atom stereocenters. The van der Waals surface area contributed by atoms with Crippen molar-refractivity contribution in [3.8, 4) is 68.0 Å². The number of pyridine rings is 1. The lowest BCUT2D eigenvalue weighted by Gasteiger charge is -2.39. The zero-order valence-electron chi connectivity index (χ0n) is 34.7. The minimum atomic E-state index is -0.574. The lowest BCUT2D eigenvalue weighted by molar-refractivity contribution is 0.436. The highest BCUT2D eigenvalue weighted by Gasteiger charge is 2.51. The monoisotopic (exact) mass is 830 g/mol. The third-order valence-electron chi connectivity index (χ3n) is 13.4. The van der Waals surface area contributed by atoms with Crippen LogP contribution in [0.4, 0.5) is 0 Å². The van der Waals surface area contributed by atoms with Crippen molar-refractivity contribution >= 4 is 43.6 Å². The van der Waals surface area contributed by atoms with E-state index in [9.17, 15) is 0 Å². The van der Waals surface area contributed by atoms with E-state index < -0.39 is 5.41 Å². The highest BCUT2D eigenvalue weighted by molar-refractivity contribution is 6.14. The van der Waals surface area contributed by atoms with E-state index in [1.54, 1.807) is 0 Å². The fourth-order valence-electron chi connectivity index (χ4n) is 10.6. The maximum Gasteiger partial charge on any atom is 0.167 e. The molecule has 9 aromatic carbocycles. The zero-order valence-corrected chi connectivity index (χ0v) is 34.7. The van der Waals surface area contributed by atoms with Crippen LogP contribution in [0.5, 0.6) is 11.5 Å². The summed E-state index contributed by atoms with van der Waals surface area (Å²) in [6.45, 7) is 0. The molecule has 2 aliphatic rings. The van der Waals surface area contributed by atoms with Gasteiger partial charge in [0.1, 0.15) is 22.7 Å². The maximum absolute atomic E-state index is 6.63. The van der Waals surface area contributed by atoms with Gasteiger partial charge >= 0.3 is 0 Å². The van der Waals surface area contributed by atoms with Crippen molar-refractivity contribution in [1.29, 1.82) is 0 Å². The standard InChI is InChI=1S/C59H34N4O2/c1-2-15-36(16-3-1)56-61-57(63-58(62-56)42-21-14-20-41-40-19-6-11-26-51(40)65-55(41)42)37-31-29-35(30-32-37)54-45-33-44-38-17-4-7-22-46(38)59(49(44)34-43(45)39-18-5-10-25-50(39)60-54)47-23-8-12-27-52(47)64-53-28-13-9-24-48(53)59/h1-34H. The smallest absolute Gasteiger partial charge is 0.167 e. The van der Waals surface area contributed by atoms with E-state index in [-0.39, 0.29) is 0 Å². The Morgan fingerprint density at radius 3 is 1.71 bits per heavy atom. The van der Waals surface area contributed by atoms with E-state index in [0.717, 1.165) is 94.2 Å². The molecule has 4 heterocycles. The van der Waals surface area contributed by atoms with Crippen molar-refractivity contribution in [3.63, 3.8) is 0 Å². The topological polar surface area (TPSA) is 73.9 Å². The van der Waals surface area contributed by atoms with E-state index in [0.29, 0.717) is 17.5 Å². The highest BCUT2D eigenvalue weighted by Crippen LogP contribution is 2.62. The fraction of sp³-hybridized carbons (Fsp3) is 0.0169. The maximum atomic E-state index is 6.63. The molecular formula is C59H34N4O2. The number of aromatic nitrogens is 4. The second-order valence-electron chi connectivity index (χ2n) is 16.8. The first-order valence-electron chi connectivity index (χ1n) is 21.9. The van der Waals surface area contributed by atoms with Gasteiger partial charge in [-0.3, -0.25) is 0 Å². The van der Waals surface area contributed by atoms with Crippen molar-refractivity contribution in [2.24, 2.45) is 0 Å². The predicted molar refractivity (Wildman–Crippen MR) is 259 cm³/mol. The Balaban J connectivity index is 0.960. The number of rotatable bonds is 4. The molecule has 14 rings (SSSR count). The van der Waals surface area contributed by atoms with Crippen LogP contribution in [0.1, 0.15) is 22.3 Å². The summed E-state index contributed by atoms with van der Waals surface area (Å²) < 4.78 is 13.1. The van der Waals surface area contributed by atoms with E-state index in [1.165, 1.54) is 22.3 Å². The van der Waals surface area contributed by atoms with Gasteiger partial charge in [-0.25, -0.2) is 19.9 Å². The number of hydrogen-bond acceptors (Lipinski definition) is 6. The summed E-state index contributed by atoms with van der Waals surface area (Å²) in [4.78, 5) is 20.7. The van der Waals surface area contributed by atoms with Crippen LogP contribution in [-0.2, 0) is 5.41 Å². The summed E-state index contributed by atoms with van der Waals surface area (Å²) >= 11 is 0. The molecule has 0 saturated heterocycles. The number of hydrogen-bond donors (Lipinski definition) is 0. The van der Waals surface area contributed by atoms with Crippen LogP contribution in [0.3, 0.4) is 0 Å². The summed E-state index contributed by atoms with van der Waals surface area (Å²) in [7, 11) is 0. The molecule has 302 valence electrons. The lowest BCUT2D eigenvalue weighted by Crippen LogP contribution is -2.32. The van der Waals surface area contributed by atoms with Crippen LogP contribution >= 0.6 is 0 Å². The van der Waals surface area contributed by atoms with Crippen LogP contribution in [0.15, 0.2) is 211 Å². The molecule has 6 nitrogen and oxygen atoms in total. The largest absolute Gasteiger partial charge is 0.457 e. The Morgan fingerprint density at radius 2 is 0.923 bits per heavy atom. The van der Waals surface area contributed by atoms with Crippen molar-refractivity contribution in [1.82, 2.24) is 19.9 Å². The molecular weight excluding hydrogens is 797 g/mol. The van der Waals surface area contributed by atoms with Gasteiger partial charge < -0.3 is 9.15 Å². The van der Waals surface area contributed by atoms with Crippen molar-refractivity contribution in [2.45, 2.75) is 5.41 Å². The summed E-state index contributed by atoms with van der Waals surface area (Å²) in [5.74, 6) is 3.46. The Morgan fingerprint density at radius 1 is 0.338 bits per heavy atom. The number of para-hydroxylation sites is 5. The van der Waals surface area contributed by atoms with Crippen molar-refractivity contribution in [3.05, 3.63) is 229 Å². The second kappa shape index (κ2) is 13.6. The molecule has 0 N–H and O–H groups in total. The number of benzene rings is 9. The lowest BCUT2D eigenvalue weighted by atomic mass is 9.66. The van der Waals surface area contributed by atoms with E-state index >= 15 is 0 Å². The van der Waals surface area contributed by atoms with Crippen LogP contribution in [0, 0.1) is 0 Å². The molecule has 0 unspecified atom stereocenters. The van der Waals surface area contributed by atoms with E-state index in [2.05, 4.69) is 146 Å². The summed E-state index contributed by atoms with van der Waals surface area (Å²) in [5, 5.41) is 5.42. The van der Waals surface area contributed by atoms with Crippen LogP contribution < -0.4 is 4.74 Å². The molecule has 12 aromatic rings. The normalized spacial score (nSPS) is 13.2. The van der Waals surface area contributed by atoms with E-state index in [1.807, 2.05) is 60.7 Å². The number of furan rings is 1. The molecule has 0 radical (unpaired) electrons. The van der Waals surface area contributed by atoms with Gasteiger partial charge in [0.25, 0.3) is 0 Å². The van der Waals surface area contributed by atoms with E-state index in [4.69, 9.17) is 29.1 Å². The molecule has 0 amide bonds. The molecule has 65 heavy (non-hydrogen) atoms. The molecule has 1 spiro atoms. The molecule has 6 heteroatoms. The molecule has 0 bridgehead atoms. The fourth-order valence-corrected chi connectivity index (χ4v) is 10.6. The second-order valence-corrected chi connectivity index (χ2v) is 16.8. The Hall–Kier alpha value is -8.74. The van der Waals surface area contributed by atoms with Crippen LogP contribution in [0.25, 0.3) is 100 Å². The molecule has 1 aliphatic heterocycles. The zero-order chi connectivity index (χ0) is 42.6. The van der Waals surface area contributed by atoms with Gasteiger partial charge in [0.2, 0.25) is 0 Å². The first kappa shape index (κ1) is 35.8. The molecule has 3 aromatic heterocycles. The summed E-state index contributed by atoms with van der Waals surface area (Å²) in [6, 6.07) is 72.0. The Kier molecular flexibility index (Phi) is 7.51. The van der Waals surface area contributed by atoms with Crippen LogP contribution in [0.2, 0.25) is 0 Å². The minimum absolute atomic E-state index is 0.548. The van der Waals surface area contributed by atoms with Gasteiger partial charge in [0.05, 0.1) is 22.2 Å². The van der Waals surface area contributed by atoms with Gasteiger partial charge in [-0.2, -0.15) is 0 Å². The quantitative estimate of drug-likeness (QED) is 0.165. The summed E-state index contributed by atoms with van der Waals surface area (Å²) in [5.41, 5.74) is 13.6. The number of nitrogens with zero attached hydrogens (tertiary/aromatic N) is 4. The van der Waals surface area contributed by atoms with Gasteiger partial charge in [-0.05, 0) is 70.1 Å². The third-order valence-corrected chi connectivity index (χ3v) is 13.4. The Labute approximate surface area is 373 Å². The average molecular weight is 831 g/mol. The molecule has 0 saturated carbocycles. The molecule has 0 fully saturated rings. The third kappa shape index (κ3) is 5.16. The van der Waals surface area contributed by atoms with Crippen molar-refractivity contribution < 1.29 is 9.15 Å². The van der Waals surface area contributed by atoms with Gasteiger partial charge in [-0.15, -0.1) is 0 Å². The summed E-state index contributed by atoms with van der Waals surface area (Å²) in [6.07, 6.45) is 0. The Bertz CT molecular complexity index is 3890. The highest BCUT2D eigenvalue weighted by atomic mass is 16.5. The average Bonchev–Trinajstić information content (AvgIpc) is 3.89. The minimum Gasteiger partial charge on any atom is -0.457 e. The van der Waals surface area contributed by atoms with Gasteiger partial charge in [0, 0.05) is 49.4 Å². The van der Waals surface area contributed by atoms with Crippen LogP contribution in [-0.4, -0.2) is 19.9 Å². The van der Waals surface area contributed by atoms with Gasteiger partial charge in [0.15, 0.2) is 17.5 Å². The SMILES string of the molecule is c1ccc(-c2nc(-c3ccc(-c4nc5ccccc5c5cc6c(cc45)-c4ccccc4C64c5ccccc5Oc5ccccc54)cc3)nc(-c3cccc4c3oc3ccccc34)n2)cc1. The first-order valence-corrected chi connectivity index (χ1v) is 21.9.